The minimum Gasteiger partial charge on any atom is -0.432 e. The molecule has 1 aliphatic heterocycles. The van der Waals surface area contributed by atoms with Gasteiger partial charge in [-0.15, -0.1) is 22.5 Å². The Kier molecular flexibility index (Phi) is 6.69. The third-order valence-electron chi connectivity index (χ3n) is 3.28. The van der Waals surface area contributed by atoms with Gasteiger partial charge in [-0.25, -0.2) is 4.79 Å². The Morgan fingerprint density at radius 2 is 1.92 bits per heavy atom. The third-order valence-corrected chi connectivity index (χ3v) is 3.28. The highest BCUT2D eigenvalue weighted by atomic mass is 35.5. The van der Waals surface area contributed by atoms with Crippen molar-refractivity contribution in [3.63, 3.8) is 0 Å². The molecule has 0 fully saturated rings. The van der Waals surface area contributed by atoms with Gasteiger partial charge in [0.2, 0.25) is 5.72 Å². The molecule has 9 heteroatoms. The van der Waals surface area contributed by atoms with Crippen LogP contribution in [0.3, 0.4) is 0 Å². The summed E-state index contributed by atoms with van der Waals surface area (Å²) in [6, 6.07) is 6.33. The molecule has 2 rings (SSSR count). The summed E-state index contributed by atoms with van der Waals surface area (Å²) in [7, 11) is 0. The van der Waals surface area contributed by atoms with E-state index in [4.69, 9.17) is 4.74 Å². The smallest absolute Gasteiger partial charge is 0.341 e. The number of ether oxygens (including phenoxy) is 1. The number of nitrogens with one attached hydrogen (secondary N) is 1. The number of allylic oxidation sites excluding steroid dienone is 2. The van der Waals surface area contributed by atoms with Crippen LogP contribution in [0.4, 0.5) is 0 Å². The predicted octanol–water partition coefficient (Wildman–Crippen LogP) is 2.44. The van der Waals surface area contributed by atoms with E-state index in [-0.39, 0.29) is 35.9 Å². The molecule has 1 aliphatic rings. The summed E-state index contributed by atoms with van der Waals surface area (Å²) in [5.41, 5.74) is -0.424. The van der Waals surface area contributed by atoms with Crippen molar-refractivity contribution < 1.29 is 24.3 Å². The first-order valence-corrected chi connectivity index (χ1v) is 7.08. The highest BCUT2D eigenvalue weighted by Crippen LogP contribution is 2.20. The second-order valence-electron chi connectivity index (χ2n) is 5.27. The number of esters is 1. The van der Waals surface area contributed by atoms with Gasteiger partial charge in [0.15, 0.2) is 5.78 Å². The Bertz CT molecular complexity index is 746. The van der Waals surface area contributed by atoms with Crippen LogP contribution in [0.15, 0.2) is 48.2 Å². The highest BCUT2D eigenvalue weighted by molar-refractivity contribution is 6.05. The second kappa shape index (κ2) is 8.29. The maximum atomic E-state index is 12.4. The highest BCUT2D eigenvalue weighted by Gasteiger charge is 2.30. The lowest BCUT2D eigenvalue weighted by Crippen LogP contribution is -2.46. The standard InChI is InChI=1S/C16H16N2O6.ClH/c1-11(19)13-7-3-4-8-14(13)15(20)24-16(2)9-5-6-12(17-16)10-23-18(21)22;/h3-9,17H,10H2,1-2H3;1H. The molecule has 0 saturated heterocycles. The van der Waals surface area contributed by atoms with E-state index in [9.17, 15) is 19.7 Å². The van der Waals surface area contributed by atoms with Crippen molar-refractivity contribution in [2.75, 3.05) is 6.61 Å². The monoisotopic (exact) mass is 368 g/mol. The molecule has 0 amide bonds. The molecule has 0 saturated carbocycles. The number of Topliss-reactive ketones (excluding diaryl/α,β-unsaturated/α-hetero) is 1. The molecule has 0 radical (unpaired) electrons. The zero-order valence-electron chi connectivity index (χ0n) is 13.6. The van der Waals surface area contributed by atoms with Crippen molar-refractivity contribution in [2.24, 2.45) is 0 Å². The first-order valence-electron chi connectivity index (χ1n) is 7.08. The van der Waals surface area contributed by atoms with Crippen LogP contribution < -0.4 is 5.32 Å². The fraction of sp³-hybridized carbons (Fsp3) is 0.250. The van der Waals surface area contributed by atoms with E-state index >= 15 is 0 Å². The van der Waals surface area contributed by atoms with Crippen LogP contribution in [-0.2, 0) is 9.57 Å². The Morgan fingerprint density at radius 1 is 1.28 bits per heavy atom. The van der Waals surface area contributed by atoms with Gasteiger partial charge < -0.3 is 14.9 Å². The largest absolute Gasteiger partial charge is 0.432 e. The summed E-state index contributed by atoms with van der Waals surface area (Å²) >= 11 is 0. The number of hydrogen-bond acceptors (Lipinski definition) is 7. The number of carbonyl (C=O) groups is 2. The fourth-order valence-corrected chi connectivity index (χ4v) is 2.23. The molecule has 1 atom stereocenters. The summed E-state index contributed by atoms with van der Waals surface area (Å²) in [6.45, 7) is 2.65. The van der Waals surface area contributed by atoms with Gasteiger partial charge in [-0.2, -0.15) is 0 Å². The Hall–Kier alpha value is -2.87. The first-order chi connectivity index (χ1) is 11.3. The third kappa shape index (κ3) is 5.32. The number of benzene rings is 1. The number of halogens is 1. The molecule has 0 bridgehead atoms. The number of nitrogens with zero attached hydrogens (tertiary/aromatic N) is 1. The lowest BCUT2D eigenvalue weighted by Gasteiger charge is -2.31. The van der Waals surface area contributed by atoms with Gasteiger partial charge in [-0.1, -0.05) is 24.3 Å². The molecule has 0 spiro atoms. The number of carbonyl (C=O) groups excluding carboxylic acids is 2. The van der Waals surface area contributed by atoms with Gasteiger partial charge in [-0.05, 0) is 32.1 Å². The van der Waals surface area contributed by atoms with Crippen LogP contribution in [0.5, 0.6) is 0 Å². The van der Waals surface area contributed by atoms with E-state index in [1.165, 1.54) is 13.0 Å². The molecule has 1 aromatic rings. The quantitative estimate of drug-likeness (QED) is 0.355. The van der Waals surface area contributed by atoms with Crippen LogP contribution >= 0.6 is 12.4 Å². The second-order valence-corrected chi connectivity index (χ2v) is 5.27. The van der Waals surface area contributed by atoms with Gasteiger partial charge in [0.1, 0.15) is 6.61 Å². The predicted molar refractivity (Wildman–Crippen MR) is 90.8 cm³/mol. The Morgan fingerprint density at radius 3 is 2.52 bits per heavy atom. The molecule has 25 heavy (non-hydrogen) atoms. The van der Waals surface area contributed by atoms with Gasteiger partial charge in [0.05, 0.1) is 5.56 Å². The minimum absolute atomic E-state index is 0. The summed E-state index contributed by atoms with van der Waals surface area (Å²) < 4.78 is 5.44. The molecule has 8 nitrogen and oxygen atoms in total. The van der Waals surface area contributed by atoms with E-state index in [0.29, 0.717) is 5.70 Å². The molecule has 1 unspecified atom stereocenters. The fourth-order valence-electron chi connectivity index (χ4n) is 2.23. The van der Waals surface area contributed by atoms with Crippen molar-refractivity contribution >= 4 is 24.2 Å². The number of rotatable bonds is 6. The van der Waals surface area contributed by atoms with Crippen molar-refractivity contribution in [3.05, 3.63) is 69.4 Å². The molecular formula is C16H17ClN2O6. The van der Waals surface area contributed by atoms with Crippen LogP contribution in [0.1, 0.15) is 34.6 Å². The average Bonchev–Trinajstić information content (AvgIpc) is 2.52. The van der Waals surface area contributed by atoms with Crippen LogP contribution in [0.25, 0.3) is 0 Å². The van der Waals surface area contributed by atoms with Crippen molar-refractivity contribution in [3.8, 4) is 0 Å². The molecule has 0 aliphatic carbocycles. The molecular weight excluding hydrogens is 352 g/mol. The lowest BCUT2D eigenvalue weighted by atomic mass is 10.0. The van der Waals surface area contributed by atoms with Crippen molar-refractivity contribution in [2.45, 2.75) is 19.6 Å². The van der Waals surface area contributed by atoms with Gasteiger partial charge in [-0.3, -0.25) is 4.79 Å². The first kappa shape index (κ1) is 20.2. The maximum Gasteiger partial charge on any atom is 0.341 e. The minimum atomic E-state index is -1.22. The van der Waals surface area contributed by atoms with Crippen molar-refractivity contribution in [1.82, 2.24) is 5.32 Å². The zero-order valence-corrected chi connectivity index (χ0v) is 14.4. The Labute approximate surface area is 150 Å². The summed E-state index contributed by atoms with van der Waals surface area (Å²) in [4.78, 5) is 38.6. The van der Waals surface area contributed by atoms with Gasteiger partial charge in [0, 0.05) is 11.3 Å². The van der Waals surface area contributed by atoms with E-state index in [0.717, 1.165) is 0 Å². The Balaban J connectivity index is 0.00000312. The number of hydrogen-bond donors (Lipinski definition) is 1. The zero-order chi connectivity index (χ0) is 17.7. The topological polar surface area (TPSA) is 108 Å². The molecule has 134 valence electrons. The van der Waals surface area contributed by atoms with Crippen LogP contribution in [0, 0.1) is 10.1 Å². The molecule has 1 heterocycles. The summed E-state index contributed by atoms with van der Waals surface area (Å²) in [6.07, 6.45) is 4.75. The summed E-state index contributed by atoms with van der Waals surface area (Å²) in [5.74, 6) is -0.934. The van der Waals surface area contributed by atoms with E-state index in [2.05, 4.69) is 10.2 Å². The number of dihydropyridines is 1. The molecule has 0 aromatic heterocycles. The van der Waals surface area contributed by atoms with Gasteiger partial charge >= 0.3 is 5.97 Å². The summed E-state index contributed by atoms with van der Waals surface area (Å²) in [5, 5.41) is 12.2. The van der Waals surface area contributed by atoms with E-state index in [1.807, 2.05) is 0 Å². The van der Waals surface area contributed by atoms with E-state index in [1.54, 1.807) is 43.4 Å². The number of ketones is 1. The maximum absolute atomic E-state index is 12.4. The molecule has 1 N–H and O–H groups in total. The SMILES string of the molecule is CC(=O)c1ccccc1C(=O)OC1(C)C=CC=C(CO[N+](=O)[O-])N1.Cl. The van der Waals surface area contributed by atoms with Gasteiger partial charge in [0.25, 0.3) is 5.09 Å². The average molecular weight is 369 g/mol. The normalized spacial score (nSPS) is 18.2. The molecule has 1 aromatic carbocycles. The van der Waals surface area contributed by atoms with Crippen molar-refractivity contribution in [1.29, 1.82) is 0 Å². The van der Waals surface area contributed by atoms with Crippen LogP contribution in [0.2, 0.25) is 0 Å². The van der Waals surface area contributed by atoms with E-state index < -0.39 is 16.8 Å². The van der Waals surface area contributed by atoms with Crippen LogP contribution in [-0.4, -0.2) is 29.2 Å². The lowest BCUT2D eigenvalue weighted by molar-refractivity contribution is -0.755.